The number of carbonyl (C=O) groups is 1. The fourth-order valence-corrected chi connectivity index (χ4v) is 1.50. The van der Waals surface area contributed by atoms with Gasteiger partial charge in [-0.2, -0.15) is 0 Å². The predicted molar refractivity (Wildman–Crippen MR) is 63.6 cm³/mol. The molecule has 0 saturated carbocycles. The summed E-state index contributed by atoms with van der Waals surface area (Å²) in [6, 6.07) is 0.152. The highest BCUT2D eigenvalue weighted by atomic mass is 16.1. The molecule has 0 aromatic carbocycles. The fourth-order valence-electron chi connectivity index (χ4n) is 1.50. The van der Waals surface area contributed by atoms with E-state index in [-0.39, 0.29) is 11.9 Å². The van der Waals surface area contributed by atoms with Crippen LogP contribution in [0.3, 0.4) is 0 Å². The molecule has 0 saturated heterocycles. The fraction of sp³-hybridized carbons (Fsp3) is 0.909. The molecule has 90 valence electrons. The van der Waals surface area contributed by atoms with Crippen molar-refractivity contribution >= 4 is 5.91 Å². The van der Waals surface area contributed by atoms with E-state index in [1.807, 2.05) is 7.05 Å². The van der Waals surface area contributed by atoms with Crippen LogP contribution in [0, 0.1) is 5.92 Å². The van der Waals surface area contributed by atoms with Gasteiger partial charge in [0.15, 0.2) is 0 Å². The number of hydrogen-bond acceptors (Lipinski definition) is 3. The first-order valence-corrected chi connectivity index (χ1v) is 5.66. The summed E-state index contributed by atoms with van der Waals surface area (Å²) in [5, 5.41) is 2.63. The molecule has 0 radical (unpaired) electrons. The van der Waals surface area contributed by atoms with Gasteiger partial charge in [-0.3, -0.25) is 4.79 Å². The molecule has 0 aliphatic rings. The Balaban J connectivity index is 4.09. The maximum atomic E-state index is 11.2. The first-order valence-electron chi connectivity index (χ1n) is 5.66. The minimum absolute atomic E-state index is 0.0569. The van der Waals surface area contributed by atoms with Crippen molar-refractivity contribution in [1.29, 1.82) is 0 Å². The second kappa shape index (κ2) is 7.65. The van der Waals surface area contributed by atoms with Gasteiger partial charge in [0.2, 0.25) is 5.91 Å². The van der Waals surface area contributed by atoms with Gasteiger partial charge in [0.1, 0.15) is 0 Å². The summed E-state index contributed by atoms with van der Waals surface area (Å²) in [6.07, 6.45) is 1.64. The Labute approximate surface area is 93.2 Å². The lowest BCUT2D eigenvalue weighted by Crippen LogP contribution is -2.43. The number of hydrogen-bond donors (Lipinski definition) is 2. The molecule has 4 heteroatoms. The minimum atomic E-state index is 0.0569. The lowest BCUT2D eigenvalue weighted by atomic mass is 10.1. The van der Waals surface area contributed by atoms with Crippen LogP contribution < -0.4 is 11.1 Å². The number of carbonyl (C=O) groups excluding carboxylic acids is 1. The van der Waals surface area contributed by atoms with E-state index in [0.717, 1.165) is 13.0 Å². The van der Waals surface area contributed by atoms with Crippen LogP contribution >= 0.6 is 0 Å². The molecule has 0 rings (SSSR count). The number of amides is 1. The maximum Gasteiger partial charge on any atom is 0.221 e. The van der Waals surface area contributed by atoms with E-state index in [2.05, 4.69) is 24.1 Å². The molecule has 2 unspecified atom stereocenters. The normalized spacial score (nSPS) is 15.1. The average Bonchev–Trinajstić information content (AvgIpc) is 2.24. The van der Waals surface area contributed by atoms with Gasteiger partial charge in [-0.25, -0.2) is 0 Å². The Morgan fingerprint density at radius 3 is 2.53 bits per heavy atom. The molecule has 4 nitrogen and oxygen atoms in total. The monoisotopic (exact) mass is 215 g/mol. The van der Waals surface area contributed by atoms with Gasteiger partial charge in [-0.1, -0.05) is 20.3 Å². The van der Waals surface area contributed by atoms with E-state index in [9.17, 15) is 4.79 Å². The second-order valence-electron chi connectivity index (χ2n) is 4.22. The van der Waals surface area contributed by atoms with Gasteiger partial charge in [-0.15, -0.1) is 0 Å². The number of rotatable bonds is 7. The van der Waals surface area contributed by atoms with Crippen LogP contribution in [-0.4, -0.2) is 44.0 Å². The van der Waals surface area contributed by atoms with Crippen LogP contribution in [0.25, 0.3) is 0 Å². The van der Waals surface area contributed by atoms with E-state index in [1.165, 1.54) is 0 Å². The van der Waals surface area contributed by atoms with Gasteiger partial charge in [0.05, 0.1) is 0 Å². The quantitative estimate of drug-likeness (QED) is 0.647. The molecule has 1 amide bonds. The first-order chi connectivity index (χ1) is 7.04. The van der Waals surface area contributed by atoms with E-state index in [4.69, 9.17) is 5.73 Å². The van der Waals surface area contributed by atoms with Gasteiger partial charge in [-0.05, 0) is 13.0 Å². The lowest BCUT2D eigenvalue weighted by Gasteiger charge is -2.28. The highest BCUT2D eigenvalue weighted by molar-refractivity contribution is 5.76. The van der Waals surface area contributed by atoms with E-state index in [0.29, 0.717) is 18.9 Å². The Bertz CT molecular complexity index is 185. The summed E-state index contributed by atoms with van der Waals surface area (Å²) >= 11 is 0. The van der Waals surface area contributed by atoms with Crippen LogP contribution in [0.2, 0.25) is 0 Å². The Kier molecular flexibility index (Phi) is 7.34. The molecular weight excluding hydrogens is 190 g/mol. The van der Waals surface area contributed by atoms with Crippen LogP contribution in [-0.2, 0) is 4.79 Å². The largest absolute Gasteiger partial charge is 0.359 e. The van der Waals surface area contributed by atoms with Crippen LogP contribution in [0.15, 0.2) is 0 Å². The smallest absolute Gasteiger partial charge is 0.221 e. The summed E-state index contributed by atoms with van der Waals surface area (Å²) in [5.74, 6) is 0.704. The van der Waals surface area contributed by atoms with Crippen molar-refractivity contribution in [1.82, 2.24) is 10.2 Å². The molecule has 0 aliphatic carbocycles. The van der Waals surface area contributed by atoms with Crippen molar-refractivity contribution < 1.29 is 4.79 Å². The van der Waals surface area contributed by atoms with Crippen molar-refractivity contribution in [2.24, 2.45) is 11.7 Å². The standard InChI is InChI=1S/C11H25N3O/c1-5-9(2)8-14(4)10(7-12)6-11(15)13-3/h9-10H,5-8,12H2,1-4H3,(H,13,15). The zero-order valence-corrected chi connectivity index (χ0v) is 10.4. The molecule has 0 aliphatic heterocycles. The van der Waals surface area contributed by atoms with Crippen molar-refractivity contribution in [3.05, 3.63) is 0 Å². The third-order valence-electron chi connectivity index (χ3n) is 2.89. The van der Waals surface area contributed by atoms with E-state index in [1.54, 1.807) is 7.05 Å². The predicted octanol–water partition coefficient (Wildman–Crippen LogP) is 0.428. The molecular formula is C11H25N3O. The van der Waals surface area contributed by atoms with E-state index >= 15 is 0 Å². The summed E-state index contributed by atoms with van der Waals surface area (Å²) in [4.78, 5) is 13.4. The zero-order chi connectivity index (χ0) is 11.8. The van der Waals surface area contributed by atoms with E-state index < -0.39 is 0 Å². The van der Waals surface area contributed by atoms with Crippen LogP contribution in [0.4, 0.5) is 0 Å². The van der Waals surface area contributed by atoms with Crippen LogP contribution in [0.5, 0.6) is 0 Å². The van der Waals surface area contributed by atoms with Gasteiger partial charge in [0.25, 0.3) is 0 Å². The SMILES string of the molecule is CCC(C)CN(C)C(CN)CC(=O)NC. The number of likely N-dealkylation sites (N-methyl/N-ethyl adjacent to an activating group) is 1. The third-order valence-corrected chi connectivity index (χ3v) is 2.89. The molecule has 0 aromatic heterocycles. The van der Waals surface area contributed by atoms with Gasteiger partial charge >= 0.3 is 0 Å². The van der Waals surface area contributed by atoms with Crippen molar-refractivity contribution in [3.63, 3.8) is 0 Å². The van der Waals surface area contributed by atoms with Gasteiger partial charge in [0, 0.05) is 32.6 Å². The first kappa shape index (κ1) is 14.4. The summed E-state index contributed by atoms with van der Waals surface area (Å²) in [6.45, 7) is 5.91. The third kappa shape index (κ3) is 5.74. The highest BCUT2D eigenvalue weighted by Crippen LogP contribution is 2.07. The minimum Gasteiger partial charge on any atom is -0.359 e. The molecule has 0 spiro atoms. The number of nitrogens with zero attached hydrogens (tertiary/aromatic N) is 1. The maximum absolute atomic E-state index is 11.2. The number of nitrogens with two attached hydrogens (primary N) is 1. The van der Waals surface area contributed by atoms with Crippen LogP contribution in [0.1, 0.15) is 26.7 Å². The summed E-state index contributed by atoms with van der Waals surface area (Å²) in [5.41, 5.74) is 5.67. The Morgan fingerprint density at radius 1 is 1.53 bits per heavy atom. The summed E-state index contributed by atoms with van der Waals surface area (Å²) in [7, 11) is 3.69. The molecule has 0 fully saturated rings. The molecule has 3 N–H and O–H groups in total. The average molecular weight is 215 g/mol. The Morgan fingerprint density at radius 2 is 2.13 bits per heavy atom. The number of nitrogens with one attached hydrogen (secondary N) is 1. The Hall–Kier alpha value is -0.610. The summed E-state index contributed by atoms with van der Waals surface area (Å²) < 4.78 is 0. The molecule has 0 aromatic rings. The highest BCUT2D eigenvalue weighted by Gasteiger charge is 2.17. The lowest BCUT2D eigenvalue weighted by molar-refractivity contribution is -0.121. The van der Waals surface area contributed by atoms with Gasteiger partial charge < -0.3 is 16.0 Å². The van der Waals surface area contributed by atoms with Crippen molar-refractivity contribution in [2.45, 2.75) is 32.7 Å². The molecule has 0 heterocycles. The second-order valence-corrected chi connectivity index (χ2v) is 4.22. The molecule has 2 atom stereocenters. The van der Waals surface area contributed by atoms with Crippen molar-refractivity contribution in [2.75, 3.05) is 27.2 Å². The molecule has 15 heavy (non-hydrogen) atoms. The zero-order valence-electron chi connectivity index (χ0n) is 10.4. The topological polar surface area (TPSA) is 58.4 Å². The van der Waals surface area contributed by atoms with Crippen molar-refractivity contribution in [3.8, 4) is 0 Å². The molecule has 0 bridgehead atoms.